The van der Waals surface area contributed by atoms with Crippen molar-refractivity contribution in [3.05, 3.63) is 0 Å². The number of carbonyl (C=O) groups excluding carboxylic acids is 4. The molecule has 114 valence electrons. The van der Waals surface area contributed by atoms with E-state index in [0.717, 1.165) is 0 Å². The zero-order valence-electron chi connectivity index (χ0n) is 14.2. The van der Waals surface area contributed by atoms with Gasteiger partial charge in [0.2, 0.25) is 0 Å². The summed E-state index contributed by atoms with van der Waals surface area (Å²) in [5.41, 5.74) is 6.20. The minimum atomic E-state index is -2.43. The second-order valence-corrected chi connectivity index (χ2v) is 4.51. The fraction of sp³-hybridized carbons (Fsp3) is 0.600. The SMILES string of the molecule is NC(CC(=O)[O-])(CC(=O)[O-])C(N)(CC(=O)[O-])CC(=O)[O-].[Na+].[Na+].[Na+].[Na+]. The molecule has 0 heterocycles. The molecule has 0 saturated carbocycles. The number of hydrogen-bond donors (Lipinski definition) is 2. The van der Waals surface area contributed by atoms with E-state index in [1.54, 1.807) is 0 Å². The average Bonchev–Trinajstić information content (AvgIpc) is 2.10. The molecule has 0 rings (SSSR count). The van der Waals surface area contributed by atoms with E-state index in [1.807, 2.05) is 0 Å². The predicted octanol–water partition coefficient (Wildman–Crippen LogP) is -19.0. The summed E-state index contributed by atoms with van der Waals surface area (Å²) in [5, 5.41) is 42.5. The Morgan fingerprint density at radius 2 is 0.667 bits per heavy atom. The summed E-state index contributed by atoms with van der Waals surface area (Å²) in [6.07, 6.45) is -4.73. The van der Waals surface area contributed by atoms with Gasteiger partial charge in [-0.2, -0.15) is 0 Å². The second-order valence-electron chi connectivity index (χ2n) is 4.51. The summed E-state index contributed by atoms with van der Waals surface area (Å²) in [7, 11) is 0. The second kappa shape index (κ2) is 15.8. The molecular formula is C10H12N2Na4O8. The van der Waals surface area contributed by atoms with Crippen molar-refractivity contribution >= 4 is 23.9 Å². The van der Waals surface area contributed by atoms with Gasteiger partial charge in [-0.1, -0.05) is 0 Å². The number of aliphatic carboxylic acids is 4. The van der Waals surface area contributed by atoms with Crippen LogP contribution in [-0.2, 0) is 19.2 Å². The molecule has 0 atom stereocenters. The standard InChI is InChI=1S/C10H16N2O8.4Na/c11-9(1-5(13)14,2-6(15)16)10(12,3-7(17)18)4-8(19)20;;;;/h1-4,11-12H2,(H,13,14)(H,15,16)(H,17,18)(H,19,20);;;;/q;4*+1/p-4. The summed E-state index contributed by atoms with van der Waals surface area (Å²) in [6, 6.07) is 0. The Labute approximate surface area is 226 Å². The molecule has 0 aromatic carbocycles. The third-order valence-electron chi connectivity index (χ3n) is 2.83. The largest absolute Gasteiger partial charge is 1.00 e. The summed E-state index contributed by atoms with van der Waals surface area (Å²) < 4.78 is 0. The molecule has 0 bridgehead atoms. The van der Waals surface area contributed by atoms with Crippen LogP contribution in [-0.4, -0.2) is 35.0 Å². The number of carboxylic acids is 4. The molecule has 0 fully saturated rings. The summed E-state index contributed by atoms with van der Waals surface area (Å²) in [4.78, 5) is 42.5. The van der Waals surface area contributed by atoms with E-state index < -0.39 is 60.6 Å². The monoisotopic (exact) mass is 380 g/mol. The fourth-order valence-electron chi connectivity index (χ4n) is 1.86. The number of hydrogen-bond acceptors (Lipinski definition) is 10. The molecule has 0 unspecified atom stereocenters. The van der Waals surface area contributed by atoms with Gasteiger partial charge in [0.05, 0.1) is 0 Å². The van der Waals surface area contributed by atoms with Crippen molar-refractivity contribution in [3.63, 3.8) is 0 Å². The van der Waals surface area contributed by atoms with Crippen LogP contribution in [0.5, 0.6) is 0 Å². The molecule has 0 saturated heterocycles. The number of carboxylic acid groups (broad SMARTS) is 4. The first kappa shape index (κ1) is 36.7. The van der Waals surface area contributed by atoms with Crippen molar-refractivity contribution in [1.29, 1.82) is 0 Å². The zero-order valence-corrected chi connectivity index (χ0v) is 22.2. The Kier molecular flexibility index (Phi) is 24.2. The molecule has 0 spiro atoms. The molecule has 0 radical (unpaired) electrons. The molecule has 0 amide bonds. The molecule has 24 heavy (non-hydrogen) atoms. The van der Waals surface area contributed by atoms with Crippen LogP contribution in [0.15, 0.2) is 0 Å². The van der Waals surface area contributed by atoms with Crippen LogP contribution in [0.2, 0.25) is 0 Å². The van der Waals surface area contributed by atoms with E-state index in [1.165, 1.54) is 0 Å². The van der Waals surface area contributed by atoms with Crippen molar-refractivity contribution in [2.24, 2.45) is 11.5 Å². The number of nitrogens with two attached hydrogens (primary N) is 2. The first-order valence-corrected chi connectivity index (χ1v) is 5.29. The number of carbonyl (C=O) groups is 4. The summed E-state index contributed by atoms with van der Waals surface area (Å²) in [5.74, 6) is -7.33. The average molecular weight is 380 g/mol. The molecule has 0 aromatic rings. The molecule has 14 heteroatoms. The van der Waals surface area contributed by atoms with E-state index in [9.17, 15) is 39.6 Å². The topological polar surface area (TPSA) is 213 Å². The van der Waals surface area contributed by atoms with Gasteiger partial charge in [-0.3, -0.25) is 0 Å². The van der Waals surface area contributed by atoms with Crippen molar-refractivity contribution in [3.8, 4) is 0 Å². The fourth-order valence-corrected chi connectivity index (χ4v) is 1.86. The third kappa shape index (κ3) is 13.0. The molecule has 0 aromatic heterocycles. The van der Waals surface area contributed by atoms with Gasteiger partial charge in [0.25, 0.3) is 0 Å². The third-order valence-corrected chi connectivity index (χ3v) is 2.83. The normalized spacial score (nSPS) is 9.92. The first-order chi connectivity index (χ1) is 8.92. The van der Waals surface area contributed by atoms with E-state index in [0.29, 0.717) is 0 Å². The van der Waals surface area contributed by atoms with Crippen molar-refractivity contribution in [2.75, 3.05) is 0 Å². The van der Waals surface area contributed by atoms with Crippen LogP contribution < -0.4 is 150 Å². The van der Waals surface area contributed by atoms with Gasteiger partial charge in [-0.15, -0.1) is 0 Å². The van der Waals surface area contributed by atoms with Gasteiger partial charge >= 0.3 is 118 Å². The van der Waals surface area contributed by atoms with E-state index in [4.69, 9.17) is 11.5 Å². The molecule has 0 aliphatic rings. The molecule has 0 aliphatic carbocycles. The van der Waals surface area contributed by atoms with Gasteiger partial charge in [0.1, 0.15) is 0 Å². The first-order valence-electron chi connectivity index (χ1n) is 5.29. The minimum absolute atomic E-state index is 0. The van der Waals surface area contributed by atoms with Gasteiger partial charge < -0.3 is 51.1 Å². The molecule has 0 aliphatic heterocycles. The van der Waals surface area contributed by atoms with Crippen LogP contribution in [0.4, 0.5) is 0 Å². The van der Waals surface area contributed by atoms with E-state index in [2.05, 4.69) is 0 Å². The summed E-state index contributed by atoms with van der Waals surface area (Å²) in [6.45, 7) is 0. The number of rotatable bonds is 9. The van der Waals surface area contributed by atoms with Crippen LogP contribution in [0.25, 0.3) is 0 Å². The maximum atomic E-state index is 10.6. The van der Waals surface area contributed by atoms with E-state index in [-0.39, 0.29) is 118 Å². The van der Waals surface area contributed by atoms with Crippen LogP contribution in [0.3, 0.4) is 0 Å². The van der Waals surface area contributed by atoms with Crippen molar-refractivity contribution in [1.82, 2.24) is 0 Å². The summed E-state index contributed by atoms with van der Waals surface area (Å²) >= 11 is 0. The smallest absolute Gasteiger partial charge is 0.550 e. The van der Waals surface area contributed by atoms with Gasteiger partial charge in [-0.25, -0.2) is 0 Å². The molecule has 10 nitrogen and oxygen atoms in total. The predicted molar refractivity (Wildman–Crippen MR) is 52.3 cm³/mol. The maximum Gasteiger partial charge on any atom is 1.00 e. The van der Waals surface area contributed by atoms with Crippen LogP contribution in [0, 0.1) is 0 Å². The van der Waals surface area contributed by atoms with Crippen LogP contribution >= 0.6 is 0 Å². The van der Waals surface area contributed by atoms with E-state index >= 15 is 0 Å². The molecule has 4 N–H and O–H groups in total. The Morgan fingerprint density at radius 3 is 0.750 bits per heavy atom. The zero-order chi connectivity index (χ0) is 16.1. The minimum Gasteiger partial charge on any atom is -0.550 e. The Morgan fingerprint density at radius 1 is 0.542 bits per heavy atom. The Bertz CT molecular complexity index is 377. The quantitative estimate of drug-likeness (QED) is 0.360. The Hall–Kier alpha value is 1.80. The Balaban J connectivity index is -0.000000301. The maximum absolute atomic E-state index is 10.6. The van der Waals surface area contributed by atoms with Gasteiger partial charge in [-0.05, 0) is 0 Å². The van der Waals surface area contributed by atoms with Crippen molar-refractivity contribution < 1.29 is 158 Å². The van der Waals surface area contributed by atoms with Gasteiger partial charge in [0.15, 0.2) is 0 Å². The van der Waals surface area contributed by atoms with Crippen LogP contribution in [0.1, 0.15) is 25.7 Å². The van der Waals surface area contributed by atoms with Gasteiger partial charge in [0, 0.05) is 60.6 Å². The molecular weight excluding hydrogens is 368 g/mol. The van der Waals surface area contributed by atoms with Crippen molar-refractivity contribution in [2.45, 2.75) is 36.8 Å².